The Morgan fingerprint density at radius 1 is 1.42 bits per heavy atom. The number of nitrogens with zero attached hydrogens (tertiary/aromatic N) is 1. The van der Waals surface area contributed by atoms with Crippen molar-refractivity contribution in [2.24, 2.45) is 0 Å². The molecule has 1 rings (SSSR count). The van der Waals surface area contributed by atoms with Gasteiger partial charge >= 0.3 is 5.97 Å². The van der Waals surface area contributed by atoms with Gasteiger partial charge in [-0.25, -0.2) is 0 Å². The maximum Gasteiger partial charge on any atom is 0.322 e. The Hall–Kier alpha value is -0.650. The van der Waals surface area contributed by atoms with Crippen molar-refractivity contribution in [1.29, 1.82) is 0 Å². The van der Waals surface area contributed by atoms with Crippen LogP contribution in [0.15, 0.2) is 0 Å². The molecular formula is C14H28N2O3. The van der Waals surface area contributed by atoms with E-state index in [1.807, 2.05) is 0 Å². The van der Waals surface area contributed by atoms with Crippen LogP contribution in [0, 0.1) is 0 Å². The standard InChI is InChI=1S/C14H28N2O3/c1-4-12(5-2)16(8-9-19-3)10-13(14(17)18)15-11-6-7-11/h11-13,15H,4-10H2,1-3H3,(H,17,18). The van der Waals surface area contributed by atoms with E-state index < -0.39 is 12.0 Å². The average Bonchev–Trinajstić information content (AvgIpc) is 3.19. The molecule has 0 amide bonds. The number of rotatable bonds is 11. The number of aliphatic carboxylic acids is 1. The maximum absolute atomic E-state index is 11.4. The van der Waals surface area contributed by atoms with Gasteiger partial charge in [0, 0.05) is 32.3 Å². The molecule has 5 nitrogen and oxygen atoms in total. The molecule has 0 aromatic heterocycles. The molecule has 1 unspecified atom stereocenters. The first-order valence-electron chi connectivity index (χ1n) is 7.34. The first-order chi connectivity index (χ1) is 9.12. The summed E-state index contributed by atoms with van der Waals surface area (Å²) in [4.78, 5) is 13.6. The van der Waals surface area contributed by atoms with E-state index in [0.29, 0.717) is 25.2 Å². The summed E-state index contributed by atoms with van der Waals surface area (Å²) >= 11 is 0. The normalized spacial score (nSPS) is 17.1. The number of hydrogen-bond acceptors (Lipinski definition) is 4. The molecule has 0 aromatic rings. The van der Waals surface area contributed by atoms with Crippen LogP contribution in [-0.4, -0.2) is 60.9 Å². The molecule has 0 spiro atoms. The van der Waals surface area contributed by atoms with Crippen LogP contribution in [0.4, 0.5) is 0 Å². The summed E-state index contributed by atoms with van der Waals surface area (Å²) < 4.78 is 5.14. The van der Waals surface area contributed by atoms with Gasteiger partial charge in [0.15, 0.2) is 0 Å². The number of ether oxygens (including phenoxy) is 1. The molecule has 5 heteroatoms. The van der Waals surface area contributed by atoms with Crippen LogP contribution < -0.4 is 5.32 Å². The molecule has 0 saturated heterocycles. The lowest BCUT2D eigenvalue weighted by molar-refractivity contribution is -0.140. The lowest BCUT2D eigenvalue weighted by Crippen LogP contribution is -2.50. The first kappa shape index (κ1) is 16.4. The van der Waals surface area contributed by atoms with Crippen LogP contribution in [-0.2, 0) is 9.53 Å². The molecule has 1 aliphatic rings. The van der Waals surface area contributed by atoms with Crippen LogP contribution in [0.25, 0.3) is 0 Å². The highest BCUT2D eigenvalue weighted by molar-refractivity contribution is 5.73. The number of carbonyl (C=O) groups is 1. The molecule has 0 aliphatic heterocycles. The maximum atomic E-state index is 11.4. The Morgan fingerprint density at radius 2 is 2.05 bits per heavy atom. The van der Waals surface area contributed by atoms with Gasteiger partial charge in [-0.15, -0.1) is 0 Å². The number of hydrogen-bond donors (Lipinski definition) is 2. The van der Waals surface area contributed by atoms with Gasteiger partial charge in [0.1, 0.15) is 6.04 Å². The highest BCUT2D eigenvalue weighted by atomic mass is 16.5. The van der Waals surface area contributed by atoms with Crippen molar-refractivity contribution in [1.82, 2.24) is 10.2 Å². The topological polar surface area (TPSA) is 61.8 Å². The second-order valence-electron chi connectivity index (χ2n) is 5.29. The SMILES string of the molecule is CCC(CC)N(CCOC)CC(NC1CC1)C(=O)O. The molecular weight excluding hydrogens is 244 g/mol. The quantitative estimate of drug-likeness (QED) is 0.594. The van der Waals surface area contributed by atoms with Gasteiger partial charge in [0.25, 0.3) is 0 Å². The van der Waals surface area contributed by atoms with Gasteiger partial charge in [-0.3, -0.25) is 9.69 Å². The summed E-state index contributed by atoms with van der Waals surface area (Å²) in [5.41, 5.74) is 0. The lowest BCUT2D eigenvalue weighted by atomic mass is 10.1. The fourth-order valence-electron chi connectivity index (χ4n) is 2.41. The minimum Gasteiger partial charge on any atom is -0.480 e. The van der Waals surface area contributed by atoms with Crippen molar-refractivity contribution >= 4 is 5.97 Å². The van der Waals surface area contributed by atoms with Crippen LogP contribution in [0.2, 0.25) is 0 Å². The van der Waals surface area contributed by atoms with Gasteiger partial charge in [-0.1, -0.05) is 13.8 Å². The highest BCUT2D eigenvalue weighted by Crippen LogP contribution is 2.20. The average molecular weight is 272 g/mol. The third-order valence-electron chi connectivity index (χ3n) is 3.77. The van der Waals surface area contributed by atoms with Crippen molar-refractivity contribution < 1.29 is 14.6 Å². The predicted octanol–water partition coefficient (Wildman–Crippen LogP) is 1.33. The van der Waals surface area contributed by atoms with E-state index in [4.69, 9.17) is 4.74 Å². The summed E-state index contributed by atoms with van der Waals surface area (Å²) in [5.74, 6) is -0.750. The molecule has 0 heterocycles. The minimum absolute atomic E-state index is 0.409. The van der Waals surface area contributed by atoms with E-state index in [0.717, 1.165) is 32.2 Å². The molecule has 1 fully saturated rings. The largest absolute Gasteiger partial charge is 0.480 e. The smallest absolute Gasteiger partial charge is 0.322 e. The van der Waals surface area contributed by atoms with Crippen LogP contribution >= 0.6 is 0 Å². The molecule has 2 N–H and O–H groups in total. The fraction of sp³-hybridized carbons (Fsp3) is 0.929. The van der Waals surface area contributed by atoms with E-state index >= 15 is 0 Å². The minimum atomic E-state index is -0.750. The monoisotopic (exact) mass is 272 g/mol. The molecule has 1 atom stereocenters. The Kier molecular flexibility index (Phi) is 7.34. The lowest BCUT2D eigenvalue weighted by Gasteiger charge is -2.32. The molecule has 1 saturated carbocycles. The Bertz CT molecular complexity index is 265. The number of carboxylic acids is 1. The second kappa shape index (κ2) is 8.51. The summed E-state index contributed by atoms with van der Waals surface area (Å²) in [6.07, 6.45) is 4.28. The fourth-order valence-corrected chi connectivity index (χ4v) is 2.41. The van der Waals surface area contributed by atoms with Crippen molar-refractivity contribution in [2.45, 2.75) is 57.7 Å². The van der Waals surface area contributed by atoms with Gasteiger partial charge in [0.05, 0.1) is 6.61 Å². The number of methoxy groups -OCH3 is 1. The van der Waals surface area contributed by atoms with Crippen LogP contribution in [0.3, 0.4) is 0 Å². The van der Waals surface area contributed by atoms with E-state index in [1.54, 1.807) is 7.11 Å². The second-order valence-corrected chi connectivity index (χ2v) is 5.29. The van der Waals surface area contributed by atoms with Crippen molar-refractivity contribution in [2.75, 3.05) is 26.8 Å². The predicted molar refractivity (Wildman–Crippen MR) is 75.4 cm³/mol. The van der Waals surface area contributed by atoms with Gasteiger partial charge in [0.2, 0.25) is 0 Å². The van der Waals surface area contributed by atoms with Gasteiger partial charge < -0.3 is 15.2 Å². The summed E-state index contributed by atoms with van der Waals surface area (Å²) in [7, 11) is 1.68. The van der Waals surface area contributed by atoms with E-state index in [1.165, 1.54) is 0 Å². The molecule has 112 valence electrons. The molecule has 0 bridgehead atoms. The zero-order valence-electron chi connectivity index (χ0n) is 12.4. The molecule has 1 aliphatic carbocycles. The van der Waals surface area contributed by atoms with Gasteiger partial charge in [-0.2, -0.15) is 0 Å². The zero-order chi connectivity index (χ0) is 14.3. The Labute approximate surface area is 116 Å². The van der Waals surface area contributed by atoms with Gasteiger partial charge in [-0.05, 0) is 25.7 Å². The Morgan fingerprint density at radius 3 is 2.47 bits per heavy atom. The zero-order valence-corrected chi connectivity index (χ0v) is 12.4. The van der Waals surface area contributed by atoms with Crippen molar-refractivity contribution in [3.05, 3.63) is 0 Å². The highest BCUT2D eigenvalue weighted by Gasteiger charge is 2.30. The summed E-state index contributed by atoms with van der Waals surface area (Å²) in [6, 6.07) is 0.370. The van der Waals surface area contributed by atoms with E-state index in [9.17, 15) is 9.90 Å². The van der Waals surface area contributed by atoms with Crippen molar-refractivity contribution in [3.8, 4) is 0 Å². The molecule has 0 aromatic carbocycles. The number of nitrogens with one attached hydrogen (secondary N) is 1. The third-order valence-corrected chi connectivity index (χ3v) is 3.77. The summed E-state index contributed by atoms with van der Waals surface area (Å²) in [6.45, 7) is 6.29. The van der Waals surface area contributed by atoms with E-state index in [2.05, 4.69) is 24.1 Å². The van der Waals surface area contributed by atoms with Crippen LogP contribution in [0.5, 0.6) is 0 Å². The van der Waals surface area contributed by atoms with Crippen molar-refractivity contribution in [3.63, 3.8) is 0 Å². The first-order valence-corrected chi connectivity index (χ1v) is 7.34. The number of carboxylic acid groups (broad SMARTS) is 1. The summed E-state index contributed by atoms with van der Waals surface area (Å²) in [5, 5.41) is 12.5. The molecule has 0 radical (unpaired) electrons. The van der Waals surface area contributed by atoms with Crippen LogP contribution in [0.1, 0.15) is 39.5 Å². The Balaban J connectivity index is 2.57. The van der Waals surface area contributed by atoms with E-state index in [-0.39, 0.29) is 0 Å². The third kappa shape index (κ3) is 5.89. The molecule has 19 heavy (non-hydrogen) atoms.